The number of pyridine rings is 1. The number of fused-ring (bicyclic) bond motifs is 2. The van der Waals surface area contributed by atoms with Crippen molar-refractivity contribution in [3.63, 3.8) is 0 Å². The normalized spacial score (nSPS) is 24.4. The molecule has 6 rings (SSSR count). The fraction of sp³-hybridized carbons (Fsp3) is 0.567. The van der Waals surface area contributed by atoms with Gasteiger partial charge < -0.3 is 19.3 Å². The van der Waals surface area contributed by atoms with Gasteiger partial charge in [-0.05, 0) is 90.0 Å². The second-order valence-electron chi connectivity index (χ2n) is 12.4. The lowest BCUT2D eigenvalue weighted by atomic mass is 9.96. The Labute approximate surface area is 239 Å². The first-order valence-corrected chi connectivity index (χ1v) is 14.6. The SMILES string of the molecule is CN(c1ccc(-c2ccc(-c3cnn(C4CCCCO4)c3)c(F)n2)nn1)C1CC2CC[C@H](C1)N2C(=O)OC(C)(C)C. The Morgan fingerprint density at radius 3 is 2.44 bits per heavy atom. The second-order valence-corrected chi connectivity index (χ2v) is 12.4. The molecule has 0 aliphatic carbocycles. The third-order valence-corrected chi connectivity index (χ3v) is 8.35. The smallest absolute Gasteiger partial charge is 0.410 e. The maximum absolute atomic E-state index is 15.1. The van der Waals surface area contributed by atoms with Crippen LogP contribution in [-0.4, -0.2) is 73.3 Å². The van der Waals surface area contributed by atoms with Gasteiger partial charge in [0.15, 0.2) is 5.82 Å². The summed E-state index contributed by atoms with van der Waals surface area (Å²) in [5.74, 6) is 0.153. The highest BCUT2D eigenvalue weighted by atomic mass is 19.1. The summed E-state index contributed by atoms with van der Waals surface area (Å²) in [4.78, 5) is 21.1. The highest BCUT2D eigenvalue weighted by Crippen LogP contribution is 2.39. The van der Waals surface area contributed by atoms with Crippen molar-refractivity contribution in [2.45, 2.75) is 95.7 Å². The number of ether oxygens (including phenoxy) is 2. The van der Waals surface area contributed by atoms with E-state index >= 15 is 4.39 Å². The minimum absolute atomic E-state index is 0.104. The summed E-state index contributed by atoms with van der Waals surface area (Å²) in [6.07, 6.45) is 9.87. The molecule has 3 saturated heterocycles. The monoisotopic (exact) mass is 563 g/mol. The average molecular weight is 564 g/mol. The Kier molecular flexibility index (Phi) is 7.39. The summed E-state index contributed by atoms with van der Waals surface area (Å²) in [6, 6.07) is 7.74. The number of amides is 1. The minimum atomic E-state index is -0.582. The van der Waals surface area contributed by atoms with Crippen LogP contribution in [0.4, 0.5) is 15.0 Å². The number of hydrogen-bond acceptors (Lipinski definition) is 8. The van der Waals surface area contributed by atoms with E-state index in [2.05, 4.69) is 25.2 Å². The number of rotatable bonds is 5. The van der Waals surface area contributed by atoms with Crippen molar-refractivity contribution in [2.24, 2.45) is 0 Å². The molecule has 2 bridgehead atoms. The first kappa shape index (κ1) is 27.6. The van der Waals surface area contributed by atoms with E-state index in [1.54, 1.807) is 23.0 Å². The molecular formula is C30H38FN7O3. The van der Waals surface area contributed by atoms with E-state index in [4.69, 9.17) is 9.47 Å². The third kappa shape index (κ3) is 5.77. The Bertz CT molecular complexity index is 1370. The largest absolute Gasteiger partial charge is 0.444 e. The number of hydrogen-bond donors (Lipinski definition) is 0. The van der Waals surface area contributed by atoms with Gasteiger partial charge in [-0.15, -0.1) is 10.2 Å². The zero-order chi connectivity index (χ0) is 28.7. The molecule has 3 fully saturated rings. The summed E-state index contributed by atoms with van der Waals surface area (Å²) in [5, 5.41) is 13.2. The topological polar surface area (TPSA) is 98.5 Å². The van der Waals surface area contributed by atoms with E-state index < -0.39 is 11.5 Å². The standard InChI is InChI=1S/C30H38FN7O3/c1-30(2,3)41-29(39)38-20-8-9-21(38)16-22(15-20)36(4)26-13-12-25(34-35-26)24-11-10-23(28(31)33-24)19-17-32-37(18-19)27-7-5-6-14-40-27/h10-13,17-18,20-22,27H,5-9,14-16H2,1-4H3/t20-,21?,22?,27?/m1/s1. The van der Waals surface area contributed by atoms with Crippen LogP contribution < -0.4 is 4.90 Å². The van der Waals surface area contributed by atoms with Crippen LogP contribution in [0.2, 0.25) is 0 Å². The summed E-state index contributed by atoms with van der Waals surface area (Å²) < 4.78 is 28.3. The molecule has 218 valence electrons. The summed E-state index contributed by atoms with van der Waals surface area (Å²) >= 11 is 0. The molecule has 3 aliphatic rings. The molecule has 1 amide bonds. The molecule has 0 aromatic carbocycles. The van der Waals surface area contributed by atoms with E-state index in [0.717, 1.165) is 50.8 Å². The summed E-state index contributed by atoms with van der Waals surface area (Å²) in [7, 11) is 2.02. The maximum Gasteiger partial charge on any atom is 0.410 e. The molecule has 41 heavy (non-hydrogen) atoms. The van der Waals surface area contributed by atoms with Crippen LogP contribution in [0, 0.1) is 5.95 Å². The Morgan fingerprint density at radius 2 is 1.80 bits per heavy atom. The van der Waals surface area contributed by atoms with Crippen molar-refractivity contribution in [2.75, 3.05) is 18.6 Å². The Balaban J connectivity index is 1.11. The number of halogens is 1. The molecule has 11 heteroatoms. The molecule has 0 spiro atoms. The molecule has 3 aliphatic heterocycles. The van der Waals surface area contributed by atoms with E-state index in [-0.39, 0.29) is 30.4 Å². The van der Waals surface area contributed by atoms with Gasteiger partial charge in [0.2, 0.25) is 5.95 Å². The lowest BCUT2D eigenvalue weighted by molar-refractivity contribution is -0.0394. The van der Waals surface area contributed by atoms with Gasteiger partial charge in [0.25, 0.3) is 0 Å². The summed E-state index contributed by atoms with van der Waals surface area (Å²) in [5.41, 5.74) is 1.45. The van der Waals surface area contributed by atoms with Crippen molar-refractivity contribution in [3.05, 3.63) is 42.6 Å². The lowest BCUT2D eigenvalue weighted by Crippen LogP contribution is -2.53. The predicted molar refractivity (Wildman–Crippen MR) is 152 cm³/mol. The zero-order valence-corrected chi connectivity index (χ0v) is 24.2. The molecule has 3 aromatic rings. The van der Waals surface area contributed by atoms with E-state index in [9.17, 15) is 4.79 Å². The third-order valence-electron chi connectivity index (χ3n) is 8.35. The molecule has 3 aromatic heterocycles. The fourth-order valence-electron chi connectivity index (χ4n) is 6.27. The highest BCUT2D eigenvalue weighted by Gasteiger charge is 2.46. The van der Waals surface area contributed by atoms with Gasteiger partial charge >= 0.3 is 6.09 Å². The van der Waals surface area contributed by atoms with E-state index in [1.807, 2.05) is 51.0 Å². The van der Waals surface area contributed by atoms with Gasteiger partial charge in [-0.2, -0.15) is 9.49 Å². The fourth-order valence-corrected chi connectivity index (χ4v) is 6.27. The maximum atomic E-state index is 15.1. The Morgan fingerprint density at radius 1 is 1.05 bits per heavy atom. The van der Waals surface area contributed by atoms with Gasteiger partial charge in [0, 0.05) is 49.1 Å². The van der Waals surface area contributed by atoms with E-state index in [0.29, 0.717) is 29.1 Å². The molecule has 10 nitrogen and oxygen atoms in total. The van der Waals surface area contributed by atoms with Crippen molar-refractivity contribution in [1.29, 1.82) is 0 Å². The van der Waals surface area contributed by atoms with Crippen LogP contribution in [0.15, 0.2) is 36.7 Å². The number of aromatic nitrogens is 5. The number of carbonyl (C=O) groups is 1. The molecular weight excluding hydrogens is 525 g/mol. The van der Waals surface area contributed by atoms with E-state index in [1.165, 1.54) is 0 Å². The molecule has 0 N–H and O–H groups in total. The van der Waals surface area contributed by atoms with Crippen LogP contribution >= 0.6 is 0 Å². The van der Waals surface area contributed by atoms with Crippen LogP contribution in [0.25, 0.3) is 22.5 Å². The van der Waals surface area contributed by atoms with Crippen molar-refractivity contribution < 1.29 is 18.7 Å². The van der Waals surface area contributed by atoms with Crippen LogP contribution in [-0.2, 0) is 9.47 Å². The molecule has 3 unspecified atom stereocenters. The van der Waals surface area contributed by atoms with Gasteiger partial charge in [-0.3, -0.25) is 0 Å². The number of anilines is 1. The van der Waals surface area contributed by atoms with Crippen LogP contribution in [0.3, 0.4) is 0 Å². The zero-order valence-electron chi connectivity index (χ0n) is 24.2. The van der Waals surface area contributed by atoms with Gasteiger partial charge in [0.1, 0.15) is 17.5 Å². The van der Waals surface area contributed by atoms with Crippen molar-refractivity contribution in [3.8, 4) is 22.5 Å². The minimum Gasteiger partial charge on any atom is -0.444 e. The first-order chi connectivity index (χ1) is 19.7. The first-order valence-electron chi connectivity index (χ1n) is 14.6. The van der Waals surface area contributed by atoms with Crippen molar-refractivity contribution in [1.82, 2.24) is 29.9 Å². The lowest BCUT2D eigenvalue weighted by Gasteiger charge is -2.42. The Hall–Kier alpha value is -3.60. The number of carbonyl (C=O) groups excluding carboxylic acids is 1. The van der Waals surface area contributed by atoms with Crippen molar-refractivity contribution >= 4 is 11.9 Å². The highest BCUT2D eigenvalue weighted by molar-refractivity contribution is 5.70. The number of piperidine rings is 1. The molecule has 0 saturated carbocycles. The van der Waals surface area contributed by atoms with Gasteiger partial charge in [0.05, 0.1) is 11.9 Å². The second kappa shape index (κ2) is 11.0. The average Bonchev–Trinajstić information content (AvgIpc) is 3.55. The van der Waals surface area contributed by atoms with Crippen LogP contribution in [0.5, 0.6) is 0 Å². The molecule has 6 heterocycles. The van der Waals surface area contributed by atoms with Gasteiger partial charge in [-0.25, -0.2) is 14.5 Å². The quantitative estimate of drug-likeness (QED) is 0.370. The molecule has 0 radical (unpaired) electrons. The molecule has 4 atom stereocenters. The van der Waals surface area contributed by atoms with Crippen LogP contribution in [0.1, 0.15) is 71.9 Å². The summed E-state index contributed by atoms with van der Waals surface area (Å²) in [6.45, 7) is 6.42. The van der Waals surface area contributed by atoms with Gasteiger partial charge in [-0.1, -0.05) is 0 Å². The number of nitrogens with zero attached hydrogens (tertiary/aromatic N) is 7. The predicted octanol–water partition coefficient (Wildman–Crippen LogP) is 5.61.